The van der Waals surface area contributed by atoms with Gasteiger partial charge in [0.15, 0.2) is 0 Å². The Bertz CT molecular complexity index is 898. The summed E-state index contributed by atoms with van der Waals surface area (Å²) in [7, 11) is -3.32. The van der Waals surface area contributed by atoms with Crippen molar-refractivity contribution < 1.29 is 13.2 Å². The lowest BCUT2D eigenvalue weighted by Crippen LogP contribution is -2.35. The van der Waals surface area contributed by atoms with E-state index < -0.39 is 10.0 Å². The van der Waals surface area contributed by atoms with Gasteiger partial charge in [0.1, 0.15) is 0 Å². The van der Waals surface area contributed by atoms with E-state index in [1.165, 1.54) is 16.1 Å². The minimum absolute atomic E-state index is 0.287. The smallest absolute Gasteiger partial charge is 0.319 e. The highest BCUT2D eigenvalue weighted by molar-refractivity contribution is 7.92. The summed E-state index contributed by atoms with van der Waals surface area (Å²) < 4.78 is 25.4. The number of sulfonamides is 1. The predicted molar refractivity (Wildman–Crippen MR) is 109 cm³/mol. The first-order chi connectivity index (χ1) is 12.9. The van der Waals surface area contributed by atoms with Gasteiger partial charge in [-0.1, -0.05) is 36.4 Å². The summed E-state index contributed by atoms with van der Waals surface area (Å²) in [6, 6.07) is 15.3. The second-order valence-corrected chi connectivity index (χ2v) is 8.66. The second kappa shape index (κ2) is 8.43. The number of benzene rings is 2. The van der Waals surface area contributed by atoms with Gasteiger partial charge in [0.25, 0.3) is 0 Å². The molecule has 0 aromatic heterocycles. The number of nitrogens with one attached hydrogen (secondary N) is 2. The average molecular weight is 388 g/mol. The quantitative estimate of drug-likeness (QED) is 0.748. The molecule has 1 aliphatic heterocycles. The van der Waals surface area contributed by atoms with Crippen LogP contribution in [-0.4, -0.2) is 33.8 Å². The monoisotopic (exact) mass is 387 g/mol. The van der Waals surface area contributed by atoms with Crippen molar-refractivity contribution in [2.45, 2.75) is 25.7 Å². The fraction of sp³-hybridized carbons (Fsp3) is 0.350. The van der Waals surface area contributed by atoms with Crippen molar-refractivity contribution in [3.63, 3.8) is 0 Å². The van der Waals surface area contributed by atoms with Crippen LogP contribution in [-0.2, 0) is 22.9 Å². The number of urea groups is 1. The van der Waals surface area contributed by atoms with Crippen LogP contribution in [0.15, 0.2) is 48.5 Å². The van der Waals surface area contributed by atoms with Gasteiger partial charge in [0, 0.05) is 18.8 Å². The van der Waals surface area contributed by atoms with E-state index in [4.69, 9.17) is 0 Å². The molecular formula is C20H25N3O3S. The van der Waals surface area contributed by atoms with Gasteiger partial charge in [-0.3, -0.25) is 4.31 Å². The van der Waals surface area contributed by atoms with Crippen LogP contribution in [0.25, 0.3) is 0 Å². The highest BCUT2D eigenvalue weighted by atomic mass is 32.2. The normalized spacial score (nSPS) is 13.7. The van der Waals surface area contributed by atoms with Crippen LogP contribution in [0.4, 0.5) is 16.2 Å². The number of fused-ring (bicyclic) bond motifs is 1. The van der Waals surface area contributed by atoms with E-state index in [-0.39, 0.29) is 6.03 Å². The maximum atomic E-state index is 12.1. The van der Waals surface area contributed by atoms with Crippen LogP contribution in [0.2, 0.25) is 0 Å². The number of aryl methyl sites for hydroxylation is 2. The zero-order valence-corrected chi connectivity index (χ0v) is 16.3. The SMILES string of the molecule is CS(=O)(=O)N1CCCc2ccc(NC(=O)NCCCc3ccccc3)cc21. The average Bonchev–Trinajstić information content (AvgIpc) is 2.65. The molecule has 6 nitrogen and oxygen atoms in total. The van der Waals surface area contributed by atoms with Crippen LogP contribution >= 0.6 is 0 Å². The molecule has 0 fully saturated rings. The molecule has 7 heteroatoms. The van der Waals surface area contributed by atoms with E-state index in [1.54, 1.807) is 6.07 Å². The number of carbonyl (C=O) groups is 1. The zero-order valence-electron chi connectivity index (χ0n) is 15.4. The Hall–Kier alpha value is -2.54. The van der Waals surface area contributed by atoms with Crippen molar-refractivity contribution in [1.82, 2.24) is 5.32 Å². The molecular weight excluding hydrogens is 362 g/mol. The molecule has 0 unspecified atom stereocenters. The van der Waals surface area contributed by atoms with Gasteiger partial charge in [-0.25, -0.2) is 13.2 Å². The van der Waals surface area contributed by atoms with E-state index in [0.717, 1.165) is 31.2 Å². The Morgan fingerprint density at radius 3 is 2.67 bits per heavy atom. The van der Waals surface area contributed by atoms with E-state index in [0.29, 0.717) is 24.5 Å². The predicted octanol–water partition coefficient (Wildman–Crippen LogP) is 3.15. The van der Waals surface area contributed by atoms with Crippen LogP contribution in [0.1, 0.15) is 24.0 Å². The summed E-state index contributed by atoms with van der Waals surface area (Å²) in [6.07, 6.45) is 4.61. The highest BCUT2D eigenvalue weighted by Crippen LogP contribution is 2.31. The number of carbonyl (C=O) groups excluding carboxylic acids is 1. The molecule has 2 aromatic carbocycles. The zero-order chi connectivity index (χ0) is 19.3. The molecule has 144 valence electrons. The fourth-order valence-corrected chi connectivity index (χ4v) is 4.27. The van der Waals surface area contributed by atoms with Gasteiger partial charge in [0.05, 0.1) is 11.9 Å². The van der Waals surface area contributed by atoms with Crippen molar-refractivity contribution in [3.8, 4) is 0 Å². The molecule has 0 atom stereocenters. The minimum atomic E-state index is -3.32. The van der Waals surface area contributed by atoms with Crippen LogP contribution in [0, 0.1) is 0 Å². The Balaban J connectivity index is 1.55. The third-order valence-corrected chi connectivity index (χ3v) is 5.77. The topological polar surface area (TPSA) is 78.5 Å². The summed E-state index contributed by atoms with van der Waals surface area (Å²) in [6.45, 7) is 1.04. The fourth-order valence-electron chi connectivity index (χ4n) is 3.28. The Kier molecular flexibility index (Phi) is 6.01. The standard InChI is InChI=1S/C20H25N3O3S/c1-27(25,26)23-14-6-10-17-11-12-18(15-19(17)23)22-20(24)21-13-5-9-16-7-3-2-4-8-16/h2-4,7-8,11-12,15H,5-6,9-10,13-14H2,1H3,(H2,21,22,24). The van der Waals surface area contributed by atoms with Gasteiger partial charge in [-0.15, -0.1) is 0 Å². The van der Waals surface area contributed by atoms with E-state index in [9.17, 15) is 13.2 Å². The summed E-state index contributed by atoms with van der Waals surface area (Å²) in [5, 5.41) is 5.63. The number of amides is 2. The molecule has 0 saturated heterocycles. The number of hydrogen-bond acceptors (Lipinski definition) is 3. The van der Waals surface area contributed by atoms with E-state index in [1.807, 2.05) is 30.3 Å². The lowest BCUT2D eigenvalue weighted by Gasteiger charge is -2.29. The van der Waals surface area contributed by atoms with Crippen molar-refractivity contribution in [3.05, 3.63) is 59.7 Å². The highest BCUT2D eigenvalue weighted by Gasteiger charge is 2.24. The van der Waals surface area contributed by atoms with E-state index in [2.05, 4.69) is 22.8 Å². The van der Waals surface area contributed by atoms with Crippen LogP contribution in [0.5, 0.6) is 0 Å². The third-order valence-electron chi connectivity index (χ3n) is 4.59. The number of nitrogens with zero attached hydrogens (tertiary/aromatic N) is 1. The van der Waals surface area contributed by atoms with Crippen molar-refractivity contribution in [1.29, 1.82) is 0 Å². The summed E-state index contributed by atoms with van der Waals surface area (Å²) >= 11 is 0. The van der Waals surface area contributed by atoms with Crippen LogP contribution < -0.4 is 14.9 Å². The first-order valence-electron chi connectivity index (χ1n) is 9.13. The molecule has 2 aromatic rings. The second-order valence-electron chi connectivity index (χ2n) is 6.75. The van der Waals surface area contributed by atoms with Gasteiger partial charge < -0.3 is 10.6 Å². The van der Waals surface area contributed by atoms with Gasteiger partial charge >= 0.3 is 6.03 Å². The largest absolute Gasteiger partial charge is 0.338 e. The number of rotatable bonds is 6. The molecule has 0 bridgehead atoms. The molecule has 2 amide bonds. The van der Waals surface area contributed by atoms with Crippen molar-refractivity contribution in [2.24, 2.45) is 0 Å². The third kappa shape index (κ3) is 5.23. The number of hydrogen-bond donors (Lipinski definition) is 2. The van der Waals surface area contributed by atoms with E-state index >= 15 is 0 Å². The van der Waals surface area contributed by atoms with Gasteiger partial charge in [0.2, 0.25) is 10.0 Å². The molecule has 0 spiro atoms. The molecule has 0 aliphatic carbocycles. The maximum Gasteiger partial charge on any atom is 0.319 e. The molecule has 0 radical (unpaired) electrons. The molecule has 1 heterocycles. The first-order valence-corrected chi connectivity index (χ1v) is 11.0. The Morgan fingerprint density at radius 2 is 1.93 bits per heavy atom. The lowest BCUT2D eigenvalue weighted by atomic mass is 10.0. The van der Waals surface area contributed by atoms with Crippen molar-refractivity contribution in [2.75, 3.05) is 29.0 Å². The van der Waals surface area contributed by atoms with Gasteiger partial charge in [-0.05, 0) is 48.9 Å². The summed E-state index contributed by atoms with van der Waals surface area (Å²) in [5.74, 6) is 0. The molecule has 2 N–H and O–H groups in total. The van der Waals surface area contributed by atoms with Gasteiger partial charge in [-0.2, -0.15) is 0 Å². The minimum Gasteiger partial charge on any atom is -0.338 e. The number of anilines is 2. The Morgan fingerprint density at radius 1 is 1.15 bits per heavy atom. The molecule has 1 aliphatic rings. The molecule has 27 heavy (non-hydrogen) atoms. The first kappa shape index (κ1) is 19.2. The summed E-state index contributed by atoms with van der Waals surface area (Å²) in [4.78, 5) is 12.1. The lowest BCUT2D eigenvalue weighted by molar-refractivity contribution is 0.252. The molecule has 0 saturated carbocycles. The summed E-state index contributed by atoms with van der Waals surface area (Å²) in [5.41, 5.74) is 3.48. The molecule has 3 rings (SSSR count). The maximum absolute atomic E-state index is 12.1. The van der Waals surface area contributed by atoms with Crippen molar-refractivity contribution >= 4 is 27.4 Å². The van der Waals surface area contributed by atoms with Crippen LogP contribution in [0.3, 0.4) is 0 Å². The Labute approximate surface area is 160 Å².